The largest absolute Gasteiger partial charge is 0.494 e. The van der Waals surface area contributed by atoms with Gasteiger partial charge in [0.15, 0.2) is 11.6 Å². The van der Waals surface area contributed by atoms with Gasteiger partial charge in [-0.05, 0) is 17.5 Å². The first-order valence-electron chi connectivity index (χ1n) is 4.09. The Morgan fingerprint density at radius 1 is 1.38 bits per heavy atom. The molecule has 0 saturated heterocycles. The molecule has 0 aromatic heterocycles. The maximum atomic E-state index is 13.2. The fourth-order valence-corrected chi connectivity index (χ4v) is 1.51. The van der Waals surface area contributed by atoms with E-state index in [0.717, 1.165) is 5.56 Å². The van der Waals surface area contributed by atoms with Crippen LogP contribution in [0.25, 0.3) is 0 Å². The lowest BCUT2D eigenvalue weighted by atomic mass is 10.0. The second kappa shape index (κ2) is 3.97. The van der Waals surface area contributed by atoms with E-state index in [0.29, 0.717) is 5.02 Å². The number of ether oxygens (including phenoxy) is 1. The van der Waals surface area contributed by atoms with Crippen LogP contribution >= 0.6 is 11.6 Å². The number of methoxy groups -OCH3 is 1. The van der Waals surface area contributed by atoms with Crippen molar-refractivity contribution >= 4 is 11.6 Å². The number of halogens is 2. The van der Waals surface area contributed by atoms with Gasteiger partial charge in [0.2, 0.25) is 0 Å². The Balaban J connectivity index is 3.20. The van der Waals surface area contributed by atoms with E-state index < -0.39 is 0 Å². The summed E-state index contributed by atoms with van der Waals surface area (Å²) in [5, 5.41) is 0.549. The molecule has 0 saturated carbocycles. The molecule has 0 aliphatic heterocycles. The molecule has 0 atom stereocenters. The normalized spacial score (nSPS) is 10.6. The Bertz CT molecular complexity index is 310. The Morgan fingerprint density at radius 2 is 2.00 bits per heavy atom. The lowest BCUT2D eigenvalue weighted by Crippen LogP contribution is -1.94. The van der Waals surface area contributed by atoms with Crippen molar-refractivity contribution in [3.05, 3.63) is 28.5 Å². The molecule has 1 rings (SSSR count). The van der Waals surface area contributed by atoms with Gasteiger partial charge in [-0.2, -0.15) is 0 Å². The van der Waals surface area contributed by atoms with E-state index in [9.17, 15) is 4.39 Å². The van der Waals surface area contributed by atoms with E-state index in [1.54, 1.807) is 0 Å². The zero-order valence-corrected chi connectivity index (χ0v) is 8.65. The molecule has 0 amide bonds. The Labute approximate surface area is 82.5 Å². The van der Waals surface area contributed by atoms with Crippen LogP contribution in [0, 0.1) is 5.82 Å². The van der Waals surface area contributed by atoms with Crippen molar-refractivity contribution in [1.82, 2.24) is 0 Å². The summed E-state index contributed by atoms with van der Waals surface area (Å²) in [6.45, 7) is 3.93. The van der Waals surface area contributed by atoms with Crippen molar-refractivity contribution in [1.29, 1.82) is 0 Å². The number of benzene rings is 1. The topological polar surface area (TPSA) is 9.23 Å². The third-order valence-electron chi connectivity index (χ3n) is 1.89. The molecule has 72 valence electrons. The van der Waals surface area contributed by atoms with Crippen LogP contribution in [-0.2, 0) is 0 Å². The lowest BCUT2D eigenvalue weighted by molar-refractivity contribution is 0.386. The maximum Gasteiger partial charge on any atom is 0.165 e. The summed E-state index contributed by atoms with van der Waals surface area (Å²) >= 11 is 5.93. The molecule has 0 fully saturated rings. The smallest absolute Gasteiger partial charge is 0.165 e. The monoisotopic (exact) mass is 202 g/mol. The van der Waals surface area contributed by atoms with E-state index in [-0.39, 0.29) is 17.5 Å². The molecule has 0 aliphatic carbocycles. The highest BCUT2D eigenvalue weighted by Crippen LogP contribution is 2.30. The van der Waals surface area contributed by atoms with Gasteiger partial charge in [0.05, 0.1) is 7.11 Å². The van der Waals surface area contributed by atoms with Crippen molar-refractivity contribution in [3.8, 4) is 5.75 Å². The van der Waals surface area contributed by atoms with Crippen LogP contribution in [0.1, 0.15) is 25.3 Å². The molecular formula is C10H12ClFO. The molecule has 13 heavy (non-hydrogen) atoms. The molecule has 0 aliphatic rings. The predicted octanol–water partition coefficient (Wildman–Crippen LogP) is 3.61. The van der Waals surface area contributed by atoms with Crippen LogP contribution in [-0.4, -0.2) is 7.11 Å². The maximum absolute atomic E-state index is 13.2. The first kappa shape index (κ1) is 10.3. The molecule has 1 aromatic rings. The van der Waals surface area contributed by atoms with Gasteiger partial charge in [0, 0.05) is 11.1 Å². The Kier molecular flexibility index (Phi) is 3.15. The molecular weight excluding hydrogens is 191 g/mol. The van der Waals surface area contributed by atoms with E-state index in [2.05, 4.69) is 0 Å². The molecule has 3 heteroatoms. The van der Waals surface area contributed by atoms with Gasteiger partial charge in [-0.25, -0.2) is 4.39 Å². The minimum Gasteiger partial charge on any atom is -0.494 e. The summed E-state index contributed by atoms with van der Waals surface area (Å²) in [5.74, 6) is 0.0397. The first-order chi connectivity index (χ1) is 6.06. The van der Waals surface area contributed by atoms with Crippen molar-refractivity contribution in [2.45, 2.75) is 19.8 Å². The van der Waals surface area contributed by atoms with Gasteiger partial charge >= 0.3 is 0 Å². The average molecular weight is 203 g/mol. The first-order valence-corrected chi connectivity index (χ1v) is 4.47. The quantitative estimate of drug-likeness (QED) is 0.712. The standard InChI is InChI=1S/C10H12ClFO/c1-6(2)7-4-9(12)10(13-3)5-8(7)11/h4-6H,1-3H3. The Hall–Kier alpha value is -0.760. The van der Waals surface area contributed by atoms with Crippen molar-refractivity contribution < 1.29 is 9.13 Å². The van der Waals surface area contributed by atoms with Gasteiger partial charge in [-0.1, -0.05) is 25.4 Å². The zero-order valence-electron chi connectivity index (χ0n) is 7.90. The molecule has 1 nitrogen and oxygen atoms in total. The second-order valence-electron chi connectivity index (χ2n) is 3.16. The van der Waals surface area contributed by atoms with Crippen LogP contribution in [0.5, 0.6) is 5.75 Å². The average Bonchev–Trinajstić information content (AvgIpc) is 2.07. The van der Waals surface area contributed by atoms with Gasteiger partial charge in [-0.15, -0.1) is 0 Å². The minimum atomic E-state index is -0.365. The number of hydrogen-bond donors (Lipinski definition) is 0. The van der Waals surface area contributed by atoms with E-state index >= 15 is 0 Å². The van der Waals surface area contributed by atoms with Crippen LogP contribution in [0.15, 0.2) is 12.1 Å². The van der Waals surface area contributed by atoms with Crippen molar-refractivity contribution in [2.75, 3.05) is 7.11 Å². The second-order valence-corrected chi connectivity index (χ2v) is 3.57. The summed E-state index contributed by atoms with van der Waals surface area (Å²) < 4.78 is 18.0. The highest BCUT2D eigenvalue weighted by atomic mass is 35.5. The number of rotatable bonds is 2. The highest BCUT2D eigenvalue weighted by Gasteiger charge is 2.10. The SMILES string of the molecule is COc1cc(Cl)c(C(C)C)cc1F. The molecule has 0 radical (unpaired) electrons. The van der Waals surface area contributed by atoms with Crippen LogP contribution in [0.2, 0.25) is 5.02 Å². The van der Waals surface area contributed by atoms with Crippen LogP contribution < -0.4 is 4.74 Å². The highest BCUT2D eigenvalue weighted by molar-refractivity contribution is 6.31. The zero-order chi connectivity index (χ0) is 10.0. The number of hydrogen-bond acceptors (Lipinski definition) is 1. The van der Waals surface area contributed by atoms with Gasteiger partial charge in [-0.3, -0.25) is 0 Å². The third kappa shape index (κ3) is 2.13. The lowest BCUT2D eigenvalue weighted by Gasteiger charge is -2.10. The summed E-state index contributed by atoms with van der Waals surface area (Å²) in [5.41, 5.74) is 0.806. The van der Waals surface area contributed by atoms with Crippen LogP contribution in [0.4, 0.5) is 4.39 Å². The summed E-state index contributed by atoms with van der Waals surface area (Å²) in [4.78, 5) is 0. The van der Waals surface area contributed by atoms with Gasteiger partial charge in [0.1, 0.15) is 0 Å². The van der Waals surface area contributed by atoms with E-state index in [1.165, 1.54) is 19.2 Å². The third-order valence-corrected chi connectivity index (χ3v) is 2.22. The summed E-state index contributed by atoms with van der Waals surface area (Å²) in [6.07, 6.45) is 0. The van der Waals surface area contributed by atoms with Crippen molar-refractivity contribution in [2.24, 2.45) is 0 Å². The fraction of sp³-hybridized carbons (Fsp3) is 0.400. The molecule has 0 spiro atoms. The van der Waals surface area contributed by atoms with Crippen molar-refractivity contribution in [3.63, 3.8) is 0 Å². The fourth-order valence-electron chi connectivity index (χ4n) is 1.14. The summed E-state index contributed by atoms with van der Waals surface area (Å²) in [6, 6.07) is 2.93. The molecule has 0 unspecified atom stereocenters. The molecule has 0 N–H and O–H groups in total. The van der Waals surface area contributed by atoms with Gasteiger partial charge < -0.3 is 4.74 Å². The minimum absolute atomic E-state index is 0.189. The molecule has 1 aromatic carbocycles. The molecule has 0 bridgehead atoms. The van der Waals surface area contributed by atoms with E-state index in [4.69, 9.17) is 16.3 Å². The Morgan fingerprint density at radius 3 is 2.46 bits per heavy atom. The van der Waals surface area contributed by atoms with Gasteiger partial charge in [0.25, 0.3) is 0 Å². The van der Waals surface area contributed by atoms with E-state index in [1.807, 2.05) is 13.8 Å². The molecule has 0 heterocycles. The summed E-state index contributed by atoms with van der Waals surface area (Å²) in [7, 11) is 1.42. The van der Waals surface area contributed by atoms with Crippen LogP contribution in [0.3, 0.4) is 0 Å². The predicted molar refractivity (Wildman–Crippen MR) is 52.1 cm³/mol.